The van der Waals surface area contributed by atoms with Crippen molar-refractivity contribution in [3.8, 4) is 0 Å². The third kappa shape index (κ3) is 38.3. The third-order valence-corrected chi connectivity index (χ3v) is 14.5. The van der Waals surface area contributed by atoms with Crippen LogP contribution in [0.5, 0.6) is 0 Å². The van der Waals surface area contributed by atoms with E-state index >= 15 is 0 Å². The summed E-state index contributed by atoms with van der Waals surface area (Å²) in [6, 6.07) is 17.4. The standard InChI is InChI=1S/C37H52N2.2C16H33.Ni/c1-4-7-10-11-12-13-14-15-16-17-18-25-35-30-36(33-26-19-23-31(28-33)21-8-5-2)39(38)37(35)34-27-20-24-32(29-34)22-9-6-3;2*1-3-5-7-9-11-13-15-16-14-12-10-8-6-4-2;/h18-20,23-30H,4-17,21-22H2,1-3H3;2*1,3-16H2,2H3;/q;2*-1;+2. The van der Waals surface area contributed by atoms with Gasteiger partial charge in [0.1, 0.15) is 0 Å². The van der Waals surface area contributed by atoms with Gasteiger partial charge in [-0.15, -0.1) is 0 Å². The number of hydrogen-bond acceptors (Lipinski definition) is 0. The maximum Gasteiger partial charge on any atom is 2.00 e. The van der Waals surface area contributed by atoms with Crippen molar-refractivity contribution in [2.75, 3.05) is 0 Å². The number of nitrogens with zero attached hydrogens (tertiary/aromatic N) is 2. The summed E-state index contributed by atoms with van der Waals surface area (Å²) >= 11 is 0. The molecule has 0 aliphatic carbocycles. The Morgan fingerprint density at radius 3 is 1.08 bits per heavy atom. The minimum Gasteiger partial charge on any atom is -0.493 e. The van der Waals surface area contributed by atoms with Crippen molar-refractivity contribution in [2.45, 2.75) is 317 Å². The predicted octanol–water partition coefficient (Wildman–Crippen LogP) is 24.2. The molecule has 0 N–H and O–H groups in total. The van der Waals surface area contributed by atoms with Gasteiger partial charge in [-0.05, 0) is 73.9 Å². The smallest absolute Gasteiger partial charge is 0.493 e. The van der Waals surface area contributed by atoms with E-state index in [1.54, 1.807) is 0 Å². The number of hydrogen-bond donors (Lipinski definition) is 0. The molecule has 1 heterocycles. The van der Waals surface area contributed by atoms with Crippen LogP contribution in [-0.4, -0.2) is 4.70 Å². The summed E-state index contributed by atoms with van der Waals surface area (Å²) in [7, 11) is 0. The Labute approximate surface area is 461 Å². The van der Waals surface area contributed by atoms with Crippen LogP contribution in [0.1, 0.15) is 327 Å². The molecule has 2 nitrogen and oxygen atoms in total. The van der Waals surface area contributed by atoms with Crippen LogP contribution in [0.4, 0.5) is 0 Å². The van der Waals surface area contributed by atoms with Gasteiger partial charge in [-0.1, -0.05) is 302 Å². The summed E-state index contributed by atoms with van der Waals surface area (Å²) in [6.45, 7) is 19.1. The van der Waals surface area contributed by atoms with Gasteiger partial charge in [0.2, 0.25) is 11.4 Å². The first kappa shape index (κ1) is 69.8. The molecule has 1 aliphatic heterocycles. The molecule has 0 bridgehead atoms. The van der Waals surface area contributed by atoms with E-state index in [-0.39, 0.29) is 16.5 Å². The number of aryl methyl sites for hydroxylation is 2. The molecule has 1 aliphatic rings. The molecule has 414 valence electrons. The Kier molecular flexibility index (Phi) is 51.9. The Hall–Kier alpha value is -2.25. The average Bonchev–Trinajstić information content (AvgIpc) is 3.73. The van der Waals surface area contributed by atoms with Gasteiger partial charge in [-0.25, -0.2) is 4.70 Å². The SMILES string of the molecule is CCCCCCCCCCCC=CC1=C(c2cccc(CCCC)c2)[N+](=[N-])C(c2cccc(CCCC)c2)=C1.[CH2-]CCCCCCCCCCCCCCC.[CH2-]CCCCCCCCCCCCCCC.[Ni+2]. The number of allylic oxidation sites excluding steroid dienone is 4. The fourth-order valence-corrected chi connectivity index (χ4v) is 9.84. The van der Waals surface area contributed by atoms with Crippen molar-refractivity contribution in [1.29, 1.82) is 0 Å². The fraction of sp³-hybridized carbons (Fsp3) is 0.710. The maximum atomic E-state index is 11.5. The Bertz CT molecular complexity index is 1530. The van der Waals surface area contributed by atoms with E-state index in [0.717, 1.165) is 60.2 Å². The Morgan fingerprint density at radius 2 is 0.722 bits per heavy atom. The molecule has 2 aromatic carbocycles. The van der Waals surface area contributed by atoms with Crippen LogP contribution < -0.4 is 0 Å². The quantitative estimate of drug-likeness (QED) is 0.0273. The summed E-state index contributed by atoms with van der Waals surface area (Å²) in [5.41, 5.74) is 19.2. The van der Waals surface area contributed by atoms with Gasteiger partial charge in [0.05, 0.1) is 5.57 Å². The molecule has 0 aromatic heterocycles. The molecule has 0 radical (unpaired) electrons. The van der Waals surface area contributed by atoms with Gasteiger partial charge in [0.25, 0.3) is 0 Å². The predicted molar refractivity (Wildman–Crippen MR) is 321 cm³/mol. The zero-order valence-corrected chi connectivity index (χ0v) is 49.6. The molecule has 3 heteroatoms. The van der Waals surface area contributed by atoms with Crippen molar-refractivity contribution < 1.29 is 21.2 Å². The molecular formula is C69H118N2Ni. The van der Waals surface area contributed by atoms with Crippen molar-refractivity contribution >= 4 is 11.4 Å². The van der Waals surface area contributed by atoms with Gasteiger partial charge < -0.3 is 19.4 Å². The molecule has 0 unspecified atom stereocenters. The zero-order chi connectivity index (χ0) is 51.5. The minimum atomic E-state index is 0. The molecule has 0 spiro atoms. The Morgan fingerprint density at radius 1 is 0.403 bits per heavy atom. The maximum absolute atomic E-state index is 11.5. The van der Waals surface area contributed by atoms with Crippen molar-refractivity contribution in [1.82, 2.24) is 0 Å². The normalized spacial score (nSPS) is 12.2. The van der Waals surface area contributed by atoms with E-state index < -0.39 is 0 Å². The molecule has 2 aromatic rings. The van der Waals surface area contributed by atoms with Crippen LogP contribution in [0.25, 0.3) is 16.9 Å². The van der Waals surface area contributed by atoms with Gasteiger partial charge in [-0.3, -0.25) is 0 Å². The van der Waals surface area contributed by atoms with Crippen LogP contribution in [0.15, 0.2) is 72.3 Å². The van der Waals surface area contributed by atoms with Crippen LogP contribution in [0.2, 0.25) is 0 Å². The average molecular weight is 1030 g/mol. The van der Waals surface area contributed by atoms with Crippen LogP contribution in [0.3, 0.4) is 0 Å². The van der Waals surface area contributed by atoms with E-state index in [4.69, 9.17) is 0 Å². The minimum absolute atomic E-state index is 0. The fourth-order valence-electron chi connectivity index (χ4n) is 9.84. The Balaban J connectivity index is 0.00000126. The molecule has 0 fully saturated rings. The van der Waals surface area contributed by atoms with Crippen LogP contribution >= 0.6 is 0 Å². The topological polar surface area (TPSA) is 25.3 Å². The first-order valence-electron chi connectivity index (χ1n) is 31.4. The molecule has 0 atom stereocenters. The second-order valence-electron chi connectivity index (χ2n) is 21.5. The van der Waals surface area contributed by atoms with Crippen molar-refractivity contribution in [2.24, 2.45) is 0 Å². The summed E-state index contributed by atoms with van der Waals surface area (Å²) < 4.78 is 1.43. The van der Waals surface area contributed by atoms with Gasteiger partial charge in [0, 0.05) is 17.2 Å². The van der Waals surface area contributed by atoms with E-state index in [0.29, 0.717) is 0 Å². The first-order valence-corrected chi connectivity index (χ1v) is 31.4. The third-order valence-electron chi connectivity index (χ3n) is 14.5. The van der Waals surface area contributed by atoms with Gasteiger partial charge in [-0.2, -0.15) is 12.8 Å². The molecular weight excluding hydrogens is 915 g/mol. The number of rotatable bonds is 45. The van der Waals surface area contributed by atoms with Crippen molar-refractivity contribution in [3.05, 3.63) is 114 Å². The second-order valence-corrected chi connectivity index (χ2v) is 21.5. The van der Waals surface area contributed by atoms with E-state index in [1.807, 2.05) is 0 Å². The van der Waals surface area contributed by atoms with Crippen molar-refractivity contribution in [3.63, 3.8) is 0 Å². The van der Waals surface area contributed by atoms with E-state index in [2.05, 4.69) is 115 Å². The summed E-state index contributed by atoms with van der Waals surface area (Å²) in [5.74, 6) is 0. The van der Waals surface area contributed by atoms with Gasteiger partial charge in [0.15, 0.2) is 0 Å². The molecule has 0 amide bonds. The van der Waals surface area contributed by atoms with E-state index in [9.17, 15) is 5.53 Å². The monoisotopic (exact) mass is 1030 g/mol. The second kappa shape index (κ2) is 53.6. The van der Waals surface area contributed by atoms with Crippen LogP contribution in [-0.2, 0) is 29.3 Å². The number of unbranched alkanes of at least 4 members (excludes halogenated alkanes) is 37. The summed E-state index contributed by atoms with van der Waals surface area (Å²) in [6.07, 6.45) is 66.5. The van der Waals surface area contributed by atoms with E-state index in [1.165, 1.54) is 266 Å². The zero-order valence-electron chi connectivity index (χ0n) is 48.6. The van der Waals surface area contributed by atoms with Gasteiger partial charge >= 0.3 is 16.5 Å². The number of benzene rings is 2. The largest absolute Gasteiger partial charge is 2.00 e. The molecule has 0 saturated heterocycles. The molecule has 0 saturated carbocycles. The first-order chi connectivity index (χ1) is 35.0. The molecule has 72 heavy (non-hydrogen) atoms. The summed E-state index contributed by atoms with van der Waals surface area (Å²) in [5, 5.41) is 0. The van der Waals surface area contributed by atoms with Crippen LogP contribution in [0, 0.1) is 13.8 Å². The molecule has 3 rings (SSSR count). The summed E-state index contributed by atoms with van der Waals surface area (Å²) in [4.78, 5) is 0.